The fraction of sp³-hybridized carbons (Fsp3) is 0.708. The Labute approximate surface area is 200 Å². The second-order valence-corrected chi connectivity index (χ2v) is 10.5. The van der Waals surface area contributed by atoms with Gasteiger partial charge in [0.2, 0.25) is 10.3 Å². The molecule has 0 unspecified atom stereocenters. The predicted molar refractivity (Wildman–Crippen MR) is 133 cm³/mol. The van der Waals surface area contributed by atoms with E-state index in [-0.39, 0.29) is 5.91 Å². The SMILES string of the molecule is O=C(NCCCN1CCC(N2CCCCC2)CC1)c1cccn1-c1nnc(N2CCCC2)s1. The Balaban J connectivity index is 1.05. The maximum Gasteiger partial charge on any atom is 0.268 e. The zero-order chi connectivity index (χ0) is 22.5. The number of carbonyl (C=O) groups is 1. The van der Waals surface area contributed by atoms with Crippen LogP contribution in [0.25, 0.3) is 5.13 Å². The molecule has 3 saturated heterocycles. The minimum atomic E-state index is -0.0401. The van der Waals surface area contributed by atoms with Gasteiger partial charge in [-0.05, 0) is 89.8 Å². The van der Waals surface area contributed by atoms with Crippen molar-refractivity contribution in [3.63, 3.8) is 0 Å². The van der Waals surface area contributed by atoms with Crippen molar-refractivity contribution >= 4 is 22.4 Å². The van der Waals surface area contributed by atoms with Crippen LogP contribution in [0.3, 0.4) is 0 Å². The summed E-state index contributed by atoms with van der Waals surface area (Å²) >= 11 is 1.55. The topological polar surface area (TPSA) is 69.5 Å². The van der Waals surface area contributed by atoms with Crippen molar-refractivity contribution in [1.82, 2.24) is 29.9 Å². The first kappa shape index (κ1) is 22.8. The van der Waals surface area contributed by atoms with Crippen molar-refractivity contribution < 1.29 is 4.79 Å². The molecule has 3 aliphatic rings. The molecule has 33 heavy (non-hydrogen) atoms. The van der Waals surface area contributed by atoms with E-state index < -0.39 is 0 Å². The Morgan fingerprint density at radius 2 is 1.70 bits per heavy atom. The van der Waals surface area contributed by atoms with Gasteiger partial charge in [0.05, 0.1) is 0 Å². The van der Waals surface area contributed by atoms with Crippen molar-refractivity contribution in [2.75, 3.05) is 57.3 Å². The van der Waals surface area contributed by atoms with Crippen LogP contribution in [0.1, 0.15) is 61.9 Å². The first-order valence-corrected chi connectivity index (χ1v) is 13.6. The number of hydrogen-bond acceptors (Lipinski definition) is 7. The lowest BCUT2D eigenvalue weighted by Gasteiger charge is -2.40. The first-order valence-electron chi connectivity index (χ1n) is 12.8. The van der Waals surface area contributed by atoms with Gasteiger partial charge < -0.3 is 20.0 Å². The van der Waals surface area contributed by atoms with Crippen LogP contribution in [-0.4, -0.2) is 88.9 Å². The van der Waals surface area contributed by atoms with Crippen molar-refractivity contribution in [3.8, 4) is 5.13 Å². The van der Waals surface area contributed by atoms with Crippen molar-refractivity contribution in [2.24, 2.45) is 0 Å². The van der Waals surface area contributed by atoms with Crippen molar-refractivity contribution in [1.29, 1.82) is 0 Å². The van der Waals surface area contributed by atoms with Crippen LogP contribution in [0.2, 0.25) is 0 Å². The molecule has 5 rings (SSSR count). The average molecular weight is 472 g/mol. The molecule has 3 fully saturated rings. The molecule has 5 heterocycles. The molecule has 1 N–H and O–H groups in total. The van der Waals surface area contributed by atoms with Gasteiger partial charge in [-0.1, -0.05) is 17.8 Å². The monoisotopic (exact) mass is 471 g/mol. The molecule has 2 aromatic rings. The van der Waals surface area contributed by atoms with Gasteiger partial charge in [0.15, 0.2) is 0 Å². The van der Waals surface area contributed by atoms with Gasteiger partial charge in [0, 0.05) is 31.9 Å². The fourth-order valence-electron chi connectivity index (χ4n) is 5.46. The third-order valence-electron chi connectivity index (χ3n) is 7.37. The second-order valence-electron chi connectivity index (χ2n) is 9.60. The van der Waals surface area contributed by atoms with E-state index in [1.807, 2.05) is 22.9 Å². The highest BCUT2D eigenvalue weighted by atomic mass is 32.1. The molecule has 1 amide bonds. The minimum Gasteiger partial charge on any atom is -0.351 e. The first-order chi connectivity index (χ1) is 16.3. The van der Waals surface area contributed by atoms with Gasteiger partial charge in [-0.15, -0.1) is 10.2 Å². The van der Waals surface area contributed by atoms with Crippen LogP contribution in [-0.2, 0) is 0 Å². The molecule has 0 aromatic carbocycles. The Hall–Kier alpha value is -1.97. The molecule has 0 bridgehead atoms. The molecule has 3 aliphatic heterocycles. The summed E-state index contributed by atoms with van der Waals surface area (Å²) in [4.78, 5) is 20.4. The summed E-state index contributed by atoms with van der Waals surface area (Å²) in [5.41, 5.74) is 0.626. The Morgan fingerprint density at radius 1 is 0.970 bits per heavy atom. The van der Waals surface area contributed by atoms with E-state index in [2.05, 4.69) is 30.2 Å². The zero-order valence-electron chi connectivity index (χ0n) is 19.6. The molecule has 0 saturated carbocycles. The van der Waals surface area contributed by atoms with Crippen LogP contribution in [0.4, 0.5) is 5.13 Å². The molecular weight excluding hydrogens is 434 g/mol. The van der Waals surface area contributed by atoms with Crippen LogP contribution < -0.4 is 10.2 Å². The summed E-state index contributed by atoms with van der Waals surface area (Å²) in [5, 5.41) is 13.5. The number of aromatic nitrogens is 3. The minimum absolute atomic E-state index is 0.0401. The lowest BCUT2D eigenvalue weighted by atomic mass is 10.00. The molecule has 2 aromatic heterocycles. The van der Waals surface area contributed by atoms with Gasteiger partial charge in [-0.3, -0.25) is 9.36 Å². The third-order valence-corrected chi connectivity index (χ3v) is 8.35. The largest absolute Gasteiger partial charge is 0.351 e. The van der Waals surface area contributed by atoms with E-state index in [0.717, 1.165) is 42.4 Å². The highest BCUT2D eigenvalue weighted by Crippen LogP contribution is 2.27. The molecule has 8 nitrogen and oxygen atoms in total. The van der Waals surface area contributed by atoms with Gasteiger partial charge in [-0.25, -0.2) is 0 Å². The summed E-state index contributed by atoms with van der Waals surface area (Å²) in [6.45, 7) is 8.83. The maximum atomic E-state index is 12.8. The van der Waals surface area contributed by atoms with Crippen LogP contribution in [0, 0.1) is 0 Å². The Morgan fingerprint density at radius 3 is 2.48 bits per heavy atom. The Kier molecular flexibility index (Phi) is 7.58. The molecule has 0 radical (unpaired) electrons. The van der Waals surface area contributed by atoms with Crippen molar-refractivity contribution in [2.45, 2.75) is 57.4 Å². The average Bonchev–Trinajstić information content (AvgIpc) is 3.63. The molecule has 0 atom stereocenters. The van der Waals surface area contributed by atoms with E-state index in [1.54, 1.807) is 11.3 Å². The normalized spacial score (nSPS) is 21.0. The van der Waals surface area contributed by atoms with Crippen LogP contribution in [0.15, 0.2) is 18.3 Å². The fourth-order valence-corrected chi connectivity index (χ4v) is 6.36. The summed E-state index contributed by atoms with van der Waals surface area (Å²) < 4.78 is 1.86. The summed E-state index contributed by atoms with van der Waals surface area (Å²) in [7, 11) is 0. The van der Waals surface area contributed by atoms with E-state index in [9.17, 15) is 4.79 Å². The van der Waals surface area contributed by atoms with Crippen LogP contribution in [0.5, 0.6) is 0 Å². The highest BCUT2D eigenvalue weighted by molar-refractivity contribution is 7.17. The summed E-state index contributed by atoms with van der Waals surface area (Å²) in [6, 6.07) is 4.55. The van der Waals surface area contributed by atoms with Gasteiger partial charge in [0.1, 0.15) is 5.69 Å². The molecule has 180 valence electrons. The lowest BCUT2D eigenvalue weighted by Crippen LogP contribution is -2.47. The lowest BCUT2D eigenvalue weighted by molar-refractivity contribution is 0.0900. The zero-order valence-corrected chi connectivity index (χ0v) is 20.4. The number of piperidine rings is 2. The molecule has 0 aliphatic carbocycles. The van der Waals surface area contributed by atoms with Crippen molar-refractivity contribution in [3.05, 3.63) is 24.0 Å². The van der Waals surface area contributed by atoms with E-state index in [1.165, 1.54) is 71.1 Å². The van der Waals surface area contributed by atoms with Gasteiger partial charge in [0.25, 0.3) is 5.91 Å². The predicted octanol–water partition coefficient (Wildman–Crippen LogP) is 3.00. The second kappa shape index (κ2) is 11.0. The number of nitrogens with one attached hydrogen (secondary N) is 1. The highest BCUT2D eigenvalue weighted by Gasteiger charge is 2.25. The van der Waals surface area contributed by atoms with E-state index >= 15 is 0 Å². The standard InChI is InChI=1S/C24H37N7OS/c32-22(21-8-6-17-31(21)24-27-26-23(33-24)30-15-4-5-16-30)25-11-7-12-28-18-9-20(10-19-28)29-13-2-1-3-14-29/h6,8,17,20H,1-5,7,9-16,18-19H2,(H,25,32). The van der Waals surface area contributed by atoms with E-state index in [0.29, 0.717) is 12.2 Å². The number of rotatable bonds is 8. The molecule has 0 spiro atoms. The summed E-state index contributed by atoms with van der Waals surface area (Å²) in [5.74, 6) is -0.0401. The molecular formula is C24H37N7OS. The number of hydrogen-bond donors (Lipinski definition) is 1. The smallest absolute Gasteiger partial charge is 0.268 e. The number of likely N-dealkylation sites (tertiary alicyclic amines) is 2. The van der Waals surface area contributed by atoms with E-state index in [4.69, 9.17) is 0 Å². The van der Waals surface area contributed by atoms with Crippen LogP contribution >= 0.6 is 11.3 Å². The number of anilines is 1. The number of amides is 1. The molecule has 9 heteroatoms. The summed E-state index contributed by atoms with van der Waals surface area (Å²) in [6.07, 6.45) is 12.1. The number of nitrogens with zero attached hydrogens (tertiary/aromatic N) is 6. The van der Waals surface area contributed by atoms with Gasteiger partial charge in [-0.2, -0.15) is 0 Å². The Bertz CT molecular complexity index is 892. The maximum absolute atomic E-state index is 12.8. The third kappa shape index (κ3) is 5.58. The number of carbonyl (C=O) groups excluding carboxylic acids is 1. The quantitative estimate of drug-likeness (QED) is 0.597. The van der Waals surface area contributed by atoms with Gasteiger partial charge >= 0.3 is 0 Å².